The van der Waals surface area contributed by atoms with Crippen molar-refractivity contribution < 1.29 is 9.47 Å². The van der Waals surface area contributed by atoms with Crippen LogP contribution < -0.4 is 4.74 Å². The number of rotatable bonds is 4. The fourth-order valence-electron chi connectivity index (χ4n) is 1.96. The van der Waals surface area contributed by atoms with Crippen molar-refractivity contribution in [3.05, 3.63) is 54.1 Å². The predicted octanol–water partition coefficient (Wildman–Crippen LogP) is 3.06. The number of epoxide rings is 1. The molecule has 2 nitrogen and oxygen atoms in total. The lowest BCUT2D eigenvalue weighted by Crippen LogP contribution is -2.04. The number of hydrogen-bond donors (Lipinski definition) is 0. The van der Waals surface area contributed by atoms with Crippen LogP contribution in [0.4, 0.5) is 0 Å². The zero-order valence-electron chi connectivity index (χ0n) is 9.71. The molecule has 0 saturated carbocycles. The Morgan fingerprint density at radius 1 is 1.12 bits per heavy atom. The van der Waals surface area contributed by atoms with Gasteiger partial charge in [-0.05, 0) is 24.1 Å². The van der Waals surface area contributed by atoms with Crippen molar-refractivity contribution in [3.8, 4) is 5.75 Å². The number of hydrogen-bond acceptors (Lipinski definition) is 2. The molecule has 1 aliphatic carbocycles. The van der Waals surface area contributed by atoms with E-state index in [2.05, 4.69) is 36.4 Å². The van der Waals surface area contributed by atoms with Gasteiger partial charge in [-0.15, -0.1) is 0 Å². The molecule has 3 rings (SSSR count). The fourth-order valence-corrected chi connectivity index (χ4v) is 1.96. The topological polar surface area (TPSA) is 21.8 Å². The Kier molecular flexibility index (Phi) is 2.97. The van der Waals surface area contributed by atoms with E-state index in [0.29, 0.717) is 18.6 Å². The molecule has 1 fully saturated rings. The van der Waals surface area contributed by atoms with E-state index in [1.807, 2.05) is 12.1 Å². The summed E-state index contributed by atoms with van der Waals surface area (Å²) in [7, 11) is 0. The molecule has 0 aromatic heterocycles. The van der Waals surface area contributed by atoms with Crippen molar-refractivity contribution in [1.82, 2.24) is 0 Å². The Hall–Kier alpha value is -1.54. The fraction of sp³-hybridized carbons (Fsp3) is 0.333. The molecule has 0 amide bonds. The maximum atomic E-state index is 5.61. The first-order valence-electron chi connectivity index (χ1n) is 6.09. The summed E-state index contributed by atoms with van der Waals surface area (Å²) in [5, 5.41) is 0. The van der Waals surface area contributed by atoms with Crippen molar-refractivity contribution in [3.63, 3.8) is 0 Å². The number of ether oxygens (including phenoxy) is 2. The molecule has 17 heavy (non-hydrogen) atoms. The van der Waals surface area contributed by atoms with Gasteiger partial charge in [0.1, 0.15) is 18.5 Å². The third-order valence-corrected chi connectivity index (χ3v) is 3.06. The zero-order chi connectivity index (χ0) is 11.5. The average Bonchev–Trinajstić information content (AvgIpc) is 3.22. The van der Waals surface area contributed by atoms with Crippen LogP contribution in [0.1, 0.15) is 17.9 Å². The van der Waals surface area contributed by atoms with E-state index in [9.17, 15) is 0 Å². The first kappa shape index (κ1) is 10.6. The van der Waals surface area contributed by atoms with Crippen molar-refractivity contribution in [1.29, 1.82) is 0 Å². The van der Waals surface area contributed by atoms with Crippen LogP contribution in [0, 0.1) is 0 Å². The quantitative estimate of drug-likeness (QED) is 0.583. The highest BCUT2D eigenvalue weighted by Crippen LogP contribution is 2.24. The summed E-state index contributed by atoms with van der Waals surface area (Å²) in [5.41, 5.74) is 1.31. The van der Waals surface area contributed by atoms with Crippen LogP contribution in [-0.2, 0) is 4.74 Å². The van der Waals surface area contributed by atoms with Crippen molar-refractivity contribution in [2.75, 3.05) is 13.2 Å². The van der Waals surface area contributed by atoms with Crippen LogP contribution in [0.15, 0.2) is 48.6 Å². The first-order chi connectivity index (χ1) is 8.42. The van der Waals surface area contributed by atoms with Crippen LogP contribution in [0.25, 0.3) is 0 Å². The Morgan fingerprint density at radius 2 is 1.82 bits per heavy atom. The van der Waals surface area contributed by atoms with Gasteiger partial charge in [-0.2, -0.15) is 0 Å². The highest BCUT2D eigenvalue weighted by Gasteiger charge is 2.22. The van der Waals surface area contributed by atoms with E-state index in [0.717, 1.165) is 18.8 Å². The van der Waals surface area contributed by atoms with Gasteiger partial charge in [0, 0.05) is 5.92 Å². The van der Waals surface area contributed by atoms with E-state index in [-0.39, 0.29) is 0 Å². The van der Waals surface area contributed by atoms with E-state index >= 15 is 0 Å². The van der Waals surface area contributed by atoms with Gasteiger partial charge in [-0.25, -0.2) is 0 Å². The van der Waals surface area contributed by atoms with E-state index < -0.39 is 0 Å². The van der Waals surface area contributed by atoms with Crippen LogP contribution in [0.3, 0.4) is 0 Å². The largest absolute Gasteiger partial charge is 0.491 e. The minimum absolute atomic E-state index is 0.318. The molecular weight excluding hydrogens is 212 g/mol. The highest BCUT2D eigenvalue weighted by atomic mass is 16.6. The summed E-state index contributed by atoms with van der Waals surface area (Å²) < 4.78 is 10.7. The van der Waals surface area contributed by atoms with Crippen molar-refractivity contribution in [2.24, 2.45) is 0 Å². The molecule has 1 aromatic carbocycles. The molecule has 88 valence electrons. The normalized spacial score (nSPS) is 22.7. The minimum atomic E-state index is 0.318. The van der Waals surface area contributed by atoms with E-state index in [1.165, 1.54) is 5.56 Å². The second-order valence-electron chi connectivity index (χ2n) is 4.45. The van der Waals surface area contributed by atoms with E-state index in [4.69, 9.17) is 9.47 Å². The van der Waals surface area contributed by atoms with Gasteiger partial charge in [0.25, 0.3) is 0 Å². The summed E-state index contributed by atoms with van der Waals surface area (Å²) in [6.07, 6.45) is 10.3. The Morgan fingerprint density at radius 3 is 2.47 bits per heavy atom. The summed E-state index contributed by atoms with van der Waals surface area (Å²) in [5.74, 6) is 1.34. The second-order valence-corrected chi connectivity index (χ2v) is 4.45. The maximum absolute atomic E-state index is 5.61. The number of allylic oxidation sites excluding steroid dienone is 4. The molecular formula is C15H16O2. The average molecular weight is 228 g/mol. The van der Waals surface area contributed by atoms with Crippen LogP contribution in [0.5, 0.6) is 5.75 Å². The molecule has 1 aliphatic heterocycles. The smallest absolute Gasteiger partial charge is 0.119 e. The Balaban J connectivity index is 1.64. The molecule has 1 atom stereocenters. The lowest BCUT2D eigenvalue weighted by molar-refractivity contribution is 0.263. The monoisotopic (exact) mass is 228 g/mol. The summed E-state index contributed by atoms with van der Waals surface area (Å²) in [6, 6.07) is 8.34. The molecule has 1 aromatic rings. The van der Waals surface area contributed by atoms with Crippen molar-refractivity contribution >= 4 is 0 Å². The predicted molar refractivity (Wildman–Crippen MR) is 67.3 cm³/mol. The second kappa shape index (κ2) is 4.76. The standard InChI is InChI=1S/C15H16O2/c1-2-4-12(5-3-1)13-6-8-14(9-7-13)16-10-15-11-17-15/h2-9,12,15H,1,10-11H2. The molecule has 1 heterocycles. The molecule has 0 bridgehead atoms. The van der Waals surface area contributed by atoms with Gasteiger partial charge in [0.2, 0.25) is 0 Å². The van der Waals surface area contributed by atoms with E-state index in [1.54, 1.807) is 0 Å². The summed E-state index contributed by atoms with van der Waals surface area (Å²) in [4.78, 5) is 0. The van der Waals surface area contributed by atoms with Crippen LogP contribution >= 0.6 is 0 Å². The molecule has 1 saturated heterocycles. The maximum Gasteiger partial charge on any atom is 0.119 e. The lowest BCUT2D eigenvalue weighted by atomic mass is 9.95. The molecule has 2 heteroatoms. The Labute approximate surface area is 102 Å². The summed E-state index contributed by atoms with van der Waals surface area (Å²) in [6.45, 7) is 1.51. The number of benzene rings is 1. The van der Waals surface area contributed by atoms with Gasteiger partial charge in [0.05, 0.1) is 6.61 Å². The lowest BCUT2D eigenvalue weighted by Gasteiger charge is -2.12. The SMILES string of the molecule is C1=CC(c2ccc(OCC3CO3)cc2)C=CC1. The van der Waals surface area contributed by atoms with Crippen LogP contribution in [0.2, 0.25) is 0 Å². The van der Waals surface area contributed by atoms with Gasteiger partial charge in [-0.3, -0.25) is 0 Å². The molecule has 0 N–H and O–H groups in total. The third-order valence-electron chi connectivity index (χ3n) is 3.06. The molecule has 0 spiro atoms. The van der Waals surface area contributed by atoms with Gasteiger partial charge < -0.3 is 9.47 Å². The zero-order valence-corrected chi connectivity index (χ0v) is 9.71. The van der Waals surface area contributed by atoms with Gasteiger partial charge in [0.15, 0.2) is 0 Å². The highest BCUT2D eigenvalue weighted by molar-refractivity contribution is 5.35. The van der Waals surface area contributed by atoms with Gasteiger partial charge in [-0.1, -0.05) is 36.4 Å². The molecule has 1 unspecified atom stereocenters. The summed E-state index contributed by atoms with van der Waals surface area (Å²) >= 11 is 0. The Bertz CT molecular complexity index is 415. The third kappa shape index (κ3) is 2.77. The van der Waals surface area contributed by atoms with Crippen LogP contribution in [-0.4, -0.2) is 19.3 Å². The van der Waals surface area contributed by atoms with Gasteiger partial charge >= 0.3 is 0 Å². The minimum Gasteiger partial charge on any atom is -0.491 e. The van der Waals surface area contributed by atoms with Crippen molar-refractivity contribution in [2.45, 2.75) is 18.4 Å². The molecule has 2 aliphatic rings. The molecule has 0 radical (unpaired) electrons. The first-order valence-corrected chi connectivity index (χ1v) is 6.09.